The summed E-state index contributed by atoms with van der Waals surface area (Å²) in [5.74, 6) is 0.437. The lowest BCUT2D eigenvalue weighted by atomic mass is 10.1. The van der Waals surface area contributed by atoms with Gasteiger partial charge < -0.3 is 9.84 Å². The van der Waals surface area contributed by atoms with Crippen molar-refractivity contribution in [2.45, 2.75) is 31.7 Å². The normalized spacial score (nSPS) is 15.7. The molecule has 1 N–H and O–H groups in total. The van der Waals surface area contributed by atoms with Gasteiger partial charge in [-0.25, -0.2) is 4.39 Å². The highest BCUT2D eigenvalue weighted by Gasteiger charge is 2.23. The first-order valence-corrected chi connectivity index (χ1v) is 8.65. The maximum absolute atomic E-state index is 13.0. The number of hydrogen-bond donors (Lipinski definition) is 1. The number of carbonyl (C=O) groups excluding carboxylic acids is 1. The van der Waals surface area contributed by atoms with E-state index in [4.69, 9.17) is 4.52 Å². The van der Waals surface area contributed by atoms with Gasteiger partial charge in [-0.3, -0.25) is 4.79 Å². The lowest BCUT2D eigenvalue weighted by Crippen LogP contribution is -2.27. The molecule has 0 spiro atoms. The van der Waals surface area contributed by atoms with Crippen LogP contribution >= 0.6 is 0 Å². The lowest BCUT2D eigenvalue weighted by molar-refractivity contribution is -0.121. The number of nitrogens with one attached hydrogen (secondary N) is 1. The van der Waals surface area contributed by atoms with E-state index in [1.165, 1.54) is 23.3 Å². The Hall–Kier alpha value is -3.02. The van der Waals surface area contributed by atoms with Crippen LogP contribution < -0.4 is 5.32 Å². The zero-order chi connectivity index (χ0) is 17.9. The quantitative estimate of drug-likeness (QED) is 0.762. The van der Waals surface area contributed by atoms with Crippen LogP contribution in [-0.2, 0) is 17.6 Å². The van der Waals surface area contributed by atoms with Crippen molar-refractivity contribution >= 4 is 5.91 Å². The molecule has 1 heterocycles. The van der Waals surface area contributed by atoms with Gasteiger partial charge in [0.1, 0.15) is 5.82 Å². The first kappa shape index (κ1) is 16.4. The first-order valence-electron chi connectivity index (χ1n) is 8.65. The van der Waals surface area contributed by atoms with E-state index in [0.717, 1.165) is 12.8 Å². The fourth-order valence-electron chi connectivity index (χ4n) is 3.27. The Morgan fingerprint density at radius 3 is 2.85 bits per heavy atom. The fourth-order valence-corrected chi connectivity index (χ4v) is 3.27. The molecular formula is C20H18FN3O2. The molecule has 1 aliphatic rings. The second-order valence-electron chi connectivity index (χ2n) is 6.38. The van der Waals surface area contributed by atoms with Crippen molar-refractivity contribution in [1.82, 2.24) is 15.5 Å². The number of amides is 1. The number of hydrogen-bond acceptors (Lipinski definition) is 4. The second-order valence-corrected chi connectivity index (χ2v) is 6.38. The standard InChI is InChI=1S/C20H18FN3O2/c21-15-8-5-14(6-9-15)20-23-19(26-24-20)12-11-18(25)22-17-10-7-13-3-1-2-4-16(13)17/h1-6,8-9,17H,7,10-12H2,(H,22,25)/t17-/m0/s1. The number of aryl methyl sites for hydroxylation is 2. The molecule has 0 saturated carbocycles. The third kappa shape index (κ3) is 3.49. The van der Waals surface area contributed by atoms with E-state index in [1.807, 2.05) is 12.1 Å². The molecule has 1 aromatic heterocycles. The van der Waals surface area contributed by atoms with Crippen molar-refractivity contribution in [3.05, 3.63) is 71.4 Å². The molecule has 0 unspecified atom stereocenters. The Bertz CT molecular complexity index is 921. The van der Waals surface area contributed by atoms with E-state index in [9.17, 15) is 9.18 Å². The summed E-state index contributed by atoms with van der Waals surface area (Å²) in [6, 6.07) is 14.2. The lowest BCUT2D eigenvalue weighted by Gasteiger charge is -2.13. The predicted molar refractivity (Wildman–Crippen MR) is 93.7 cm³/mol. The molecule has 0 aliphatic heterocycles. The smallest absolute Gasteiger partial charge is 0.227 e. The zero-order valence-electron chi connectivity index (χ0n) is 14.1. The molecule has 1 atom stereocenters. The van der Waals surface area contributed by atoms with Crippen molar-refractivity contribution in [3.63, 3.8) is 0 Å². The number of carbonyl (C=O) groups is 1. The molecule has 6 heteroatoms. The van der Waals surface area contributed by atoms with Crippen molar-refractivity contribution in [3.8, 4) is 11.4 Å². The summed E-state index contributed by atoms with van der Waals surface area (Å²) in [5, 5.41) is 6.97. The molecule has 0 radical (unpaired) electrons. The molecule has 2 aromatic carbocycles. The van der Waals surface area contributed by atoms with Gasteiger partial charge in [0.05, 0.1) is 6.04 Å². The molecule has 0 saturated heterocycles. The minimum atomic E-state index is -0.317. The fraction of sp³-hybridized carbons (Fsp3) is 0.250. The molecule has 132 valence electrons. The van der Waals surface area contributed by atoms with Crippen LogP contribution in [0.15, 0.2) is 53.1 Å². The summed E-state index contributed by atoms with van der Waals surface area (Å²) >= 11 is 0. The Labute approximate surface area is 150 Å². The molecule has 0 bridgehead atoms. The summed E-state index contributed by atoms with van der Waals surface area (Å²) in [6.45, 7) is 0. The molecular weight excluding hydrogens is 333 g/mol. The van der Waals surface area contributed by atoms with Gasteiger partial charge in [0.15, 0.2) is 0 Å². The highest BCUT2D eigenvalue weighted by atomic mass is 19.1. The Morgan fingerprint density at radius 1 is 1.19 bits per heavy atom. The van der Waals surface area contributed by atoms with Crippen LogP contribution in [0.3, 0.4) is 0 Å². The maximum Gasteiger partial charge on any atom is 0.227 e. The largest absolute Gasteiger partial charge is 0.349 e. The molecule has 3 aromatic rings. The molecule has 1 amide bonds. The third-order valence-electron chi connectivity index (χ3n) is 4.60. The van der Waals surface area contributed by atoms with E-state index in [1.54, 1.807) is 12.1 Å². The van der Waals surface area contributed by atoms with Crippen LogP contribution in [0.5, 0.6) is 0 Å². The molecule has 5 nitrogen and oxygen atoms in total. The van der Waals surface area contributed by atoms with Gasteiger partial charge in [0.25, 0.3) is 0 Å². The van der Waals surface area contributed by atoms with E-state index in [2.05, 4.69) is 27.6 Å². The van der Waals surface area contributed by atoms with Crippen LogP contribution in [0.2, 0.25) is 0 Å². The highest BCUT2D eigenvalue weighted by molar-refractivity contribution is 5.76. The predicted octanol–water partition coefficient (Wildman–Crippen LogP) is 3.61. The molecule has 26 heavy (non-hydrogen) atoms. The zero-order valence-corrected chi connectivity index (χ0v) is 14.1. The summed E-state index contributed by atoms with van der Waals surface area (Å²) in [4.78, 5) is 16.5. The monoisotopic (exact) mass is 351 g/mol. The number of benzene rings is 2. The number of fused-ring (bicyclic) bond motifs is 1. The summed E-state index contributed by atoms with van der Waals surface area (Å²) in [7, 11) is 0. The van der Waals surface area contributed by atoms with Crippen LogP contribution in [0, 0.1) is 5.82 Å². The van der Waals surface area contributed by atoms with Crippen molar-refractivity contribution in [2.75, 3.05) is 0 Å². The Morgan fingerprint density at radius 2 is 2.00 bits per heavy atom. The molecule has 0 fully saturated rings. The van der Waals surface area contributed by atoms with E-state index >= 15 is 0 Å². The van der Waals surface area contributed by atoms with Crippen LogP contribution in [0.4, 0.5) is 4.39 Å². The van der Waals surface area contributed by atoms with Gasteiger partial charge >= 0.3 is 0 Å². The van der Waals surface area contributed by atoms with E-state index in [0.29, 0.717) is 23.7 Å². The average Bonchev–Trinajstić information content (AvgIpc) is 3.28. The first-order chi connectivity index (χ1) is 12.7. The number of nitrogens with zero attached hydrogens (tertiary/aromatic N) is 2. The molecule has 4 rings (SSSR count). The van der Waals surface area contributed by atoms with Crippen LogP contribution in [0.1, 0.15) is 35.9 Å². The summed E-state index contributed by atoms with van der Waals surface area (Å²) in [5.41, 5.74) is 3.18. The highest BCUT2D eigenvalue weighted by Crippen LogP contribution is 2.30. The van der Waals surface area contributed by atoms with Crippen LogP contribution in [-0.4, -0.2) is 16.0 Å². The van der Waals surface area contributed by atoms with E-state index < -0.39 is 0 Å². The Balaban J connectivity index is 1.33. The minimum Gasteiger partial charge on any atom is -0.349 e. The van der Waals surface area contributed by atoms with E-state index in [-0.39, 0.29) is 24.2 Å². The Kier molecular flexibility index (Phi) is 4.48. The van der Waals surface area contributed by atoms with Gasteiger partial charge in [-0.15, -0.1) is 0 Å². The number of aromatic nitrogens is 2. The van der Waals surface area contributed by atoms with Gasteiger partial charge in [0, 0.05) is 18.4 Å². The van der Waals surface area contributed by atoms with Crippen molar-refractivity contribution in [1.29, 1.82) is 0 Å². The third-order valence-corrected chi connectivity index (χ3v) is 4.60. The van der Waals surface area contributed by atoms with Gasteiger partial charge in [-0.05, 0) is 48.2 Å². The topological polar surface area (TPSA) is 68.0 Å². The second kappa shape index (κ2) is 7.07. The summed E-state index contributed by atoms with van der Waals surface area (Å²) in [6.07, 6.45) is 2.57. The van der Waals surface area contributed by atoms with Gasteiger partial charge in [0.2, 0.25) is 17.6 Å². The summed E-state index contributed by atoms with van der Waals surface area (Å²) < 4.78 is 18.2. The number of rotatable bonds is 5. The SMILES string of the molecule is O=C(CCc1nc(-c2ccc(F)cc2)no1)N[C@H]1CCc2ccccc21. The van der Waals surface area contributed by atoms with Crippen molar-refractivity contribution < 1.29 is 13.7 Å². The molecule has 1 aliphatic carbocycles. The minimum absolute atomic E-state index is 0.0340. The number of halogens is 1. The average molecular weight is 351 g/mol. The van der Waals surface area contributed by atoms with Gasteiger partial charge in [-0.2, -0.15) is 4.98 Å². The van der Waals surface area contributed by atoms with Crippen LogP contribution in [0.25, 0.3) is 11.4 Å². The van der Waals surface area contributed by atoms with Gasteiger partial charge in [-0.1, -0.05) is 29.4 Å². The maximum atomic E-state index is 13.0. The van der Waals surface area contributed by atoms with Crippen molar-refractivity contribution in [2.24, 2.45) is 0 Å².